The van der Waals surface area contributed by atoms with Gasteiger partial charge >= 0.3 is 5.69 Å². The van der Waals surface area contributed by atoms with Gasteiger partial charge in [-0.2, -0.15) is 4.98 Å². The van der Waals surface area contributed by atoms with E-state index in [0.29, 0.717) is 23.5 Å². The zero-order valence-corrected chi connectivity index (χ0v) is 16.9. The van der Waals surface area contributed by atoms with Gasteiger partial charge < -0.3 is 9.67 Å². The van der Waals surface area contributed by atoms with E-state index in [0.717, 1.165) is 40.8 Å². The standard InChI is InChI=1S/C21H25N5O3/c1-4-5-11-15-16(14-9-7-6-8-10-14)25(12-13-27)20-22-18-17(26(15)20)19(28)24(3)21(29)23(18)2/h6-10,27H,4-5,11-13H2,1-3H3. The molecule has 0 atom stereocenters. The van der Waals surface area contributed by atoms with Gasteiger partial charge in [0, 0.05) is 26.2 Å². The van der Waals surface area contributed by atoms with Gasteiger partial charge in [-0.1, -0.05) is 43.7 Å². The van der Waals surface area contributed by atoms with Crippen LogP contribution in [0.4, 0.5) is 0 Å². The van der Waals surface area contributed by atoms with E-state index in [9.17, 15) is 14.7 Å². The Morgan fingerprint density at radius 1 is 1.07 bits per heavy atom. The lowest BCUT2D eigenvalue weighted by atomic mass is 10.1. The summed E-state index contributed by atoms with van der Waals surface area (Å²) >= 11 is 0. The number of aryl methyl sites for hydroxylation is 2. The highest BCUT2D eigenvalue weighted by Crippen LogP contribution is 2.31. The minimum absolute atomic E-state index is 0.0580. The number of hydrogen-bond acceptors (Lipinski definition) is 4. The highest BCUT2D eigenvalue weighted by molar-refractivity contribution is 5.80. The van der Waals surface area contributed by atoms with Gasteiger partial charge in [0.15, 0.2) is 11.2 Å². The number of unbranched alkanes of at least 4 members (excludes halogenated alkanes) is 1. The Morgan fingerprint density at radius 3 is 2.45 bits per heavy atom. The van der Waals surface area contributed by atoms with E-state index >= 15 is 0 Å². The summed E-state index contributed by atoms with van der Waals surface area (Å²) in [7, 11) is 3.11. The first kappa shape index (κ1) is 19.2. The number of aliphatic hydroxyl groups is 1. The number of benzene rings is 1. The molecule has 0 unspecified atom stereocenters. The molecule has 29 heavy (non-hydrogen) atoms. The Kier molecular flexibility index (Phi) is 4.87. The lowest BCUT2D eigenvalue weighted by Crippen LogP contribution is -2.37. The Bertz CT molecular complexity index is 1310. The minimum atomic E-state index is -0.407. The van der Waals surface area contributed by atoms with Crippen LogP contribution in [-0.4, -0.2) is 34.8 Å². The summed E-state index contributed by atoms with van der Waals surface area (Å²) in [4.78, 5) is 30.1. The third kappa shape index (κ3) is 2.82. The number of aliphatic hydroxyl groups excluding tert-OH is 1. The molecule has 0 bridgehead atoms. The molecule has 1 aromatic carbocycles. The first-order valence-electron chi connectivity index (χ1n) is 9.87. The van der Waals surface area contributed by atoms with Crippen molar-refractivity contribution in [2.45, 2.75) is 32.7 Å². The van der Waals surface area contributed by atoms with E-state index in [1.54, 1.807) is 7.05 Å². The number of aromatic nitrogens is 5. The molecule has 152 valence electrons. The predicted octanol–water partition coefficient (Wildman–Crippen LogP) is 1.69. The summed E-state index contributed by atoms with van der Waals surface area (Å²) in [5.74, 6) is 0.567. The van der Waals surface area contributed by atoms with Crippen LogP contribution in [0.25, 0.3) is 28.2 Å². The first-order valence-corrected chi connectivity index (χ1v) is 9.87. The summed E-state index contributed by atoms with van der Waals surface area (Å²) in [6, 6.07) is 9.94. The average Bonchev–Trinajstić information content (AvgIpc) is 3.26. The van der Waals surface area contributed by atoms with Gasteiger partial charge in [0.25, 0.3) is 5.56 Å². The van der Waals surface area contributed by atoms with Crippen LogP contribution < -0.4 is 11.2 Å². The Hall–Kier alpha value is -3.13. The van der Waals surface area contributed by atoms with E-state index in [2.05, 4.69) is 11.9 Å². The van der Waals surface area contributed by atoms with Crippen LogP contribution in [0.2, 0.25) is 0 Å². The van der Waals surface area contributed by atoms with Crippen molar-refractivity contribution in [1.82, 2.24) is 23.1 Å². The van der Waals surface area contributed by atoms with Crippen molar-refractivity contribution >= 4 is 16.9 Å². The molecule has 0 aliphatic heterocycles. The molecule has 4 aromatic rings. The van der Waals surface area contributed by atoms with Gasteiger partial charge in [-0.15, -0.1) is 0 Å². The van der Waals surface area contributed by atoms with E-state index in [1.807, 2.05) is 39.3 Å². The van der Waals surface area contributed by atoms with E-state index < -0.39 is 5.69 Å². The molecule has 3 aromatic heterocycles. The topological polar surface area (TPSA) is 86.5 Å². The van der Waals surface area contributed by atoms with Crippen molar-refractivity contribution < 1.29 is 5.11 Å². The molecule has 0 aliphatic rings. The Morgan fingerprint density at radius 2 is 1.79 bits per heavy atom. The fraction of sp³-hybridized carbons (Fsp3) is 0.381. The molecular formula is C21H25N5O3. The van der Waals surface area contributed by atoms with Crippen LogP contribution in [0.1, 0.15) is 25.5 Å². The minimum Gasteiger partial charge on any atom is -0.395 e. The smallest absolute Gasteiger partial charge is 0.332 e. The first-order chi connectivity index (χ1) is 14.0. The molecule has 0 aliphatic carbocycles. The van der Waals surface area contributed by atoms with E-state index in [4.69, 9.17) is 0 Å². The number of nitrogens with zero attached hydrogens (tertiary/aromatic N) is 5. The van der Waals surface area contributed by atoms with Gasteiger partial charge in [0.1, 0.15) is 0 Å². The highest BCUT2D eigenvalue weighted by Gasteiger charge is 2.25. The predicted molar refractivity (Wildman–Crippen MR) is 112 cm³/mol. The number of hydrogen-bond donors (Lipinski definition) is 1. The van der Waals surface area contributed by atoms with Gasteiger partial charge in [0.2, 0.25) is 5.78 Å². The fourth-order valence-corrected chi connectivity index (χ4v) is 3.99. The van der Waals surface area contributed by atoms with Crippen LogP contribution in [-0.2, 0) is 27.1 Å². The number of imidazole rings is 2. The molecule has 0 saturated carbocycles. The molecular weight excluding hydrogens is 370 g/mol. The second-order valence-corrected chi connectivity index (χ2v) is 7.27. The molecule has 4 rings (SSSR count). The molecule has 8 heteroatoms. The van der Waals surface area contributed by atoms with Gasteiger partial charge in [-0.25, -0.2) is 4.79 Å². The third-order valence-corrected chi connectivity index (χ3v) is 5.43. The lowest BCUT2D eigenvalue weighted by Gasteiger charge is -2.11. The second kappa shape index (κ2) is 7.36. The molecule has 1 N–H and O–H groups in total. The highest BCUT2D eigenvalue weighted by atomic mass is 16.3. The zero-order valence-electron chi connectivity index (χ0n) is 16.9. The summed E-state index contributed by atoms with van der Waals surface area (Å²) in [6.45, 7) is 2.41. The quantitative estimate of drug-likeness (QED) is 0.538. The molecule has 0 fully saturated rings. The summed E-state index contributed by atoms with van der Waals surface area (Å²) < 4.78 is 6.35. The van der Waals surface area contributed by atoms with Crippen LogP contribution in [0.15, 0.2) is 39.9 Å². The second-order valence-electron chi connectivity index (χ2n) is 7.27. The largest absolute Gasteiger partial charge is 0.395 e. The molecule has 0 radical (unpaired) electrons. The van der Waals surface area contributed by atoms with Gasteiger partial charge in [-0.3, -0.25) is 18.3 Å². The Balaban J connectivity index is 2.22. The van der Waals surface area contributed by atoms with Crippen LogP contribution in [0.3, 0.4) is 0 Å². The van der Waals surface area contributed by atoms with E-state index in [1.165, 1.54) is 11.6 Å². The Labute approximate surface area is 167 Å². The van der Waals surface area contributed by atoms with Crippen molar-refractivity contribution in [3.8, 4) is 11.3 Å². The third-order valence-electron chi connectivity index (χ3n) is 5.43. The lowest BCUT2D eigenvalue weighted by molar-refractivity contribution is 0.278. The summed E-state index contributed by atoms with van der Waals surface area (Å²) in [6.07, 6.45) is 2.71. The monoisotopic (exact) mass is 395 g/mol. The maximum Gasteiger partial charge on any atom is 0.332 e. The van der Waals surface area contributed by atoms with Crippen LogP contribution in [0.5, 0.6) is 0 Å². The average molecular weight is 395 g/mol. The zero-order chi connectivity index (χ0) is 20.7. The van der Waals surface area contributed by atoms with E-state index in [-0.39, 0.29) is 12.2 Å². The normalized spacial score (nSPS) is 11.7. The van der Waals surface area contributed by atoms with Gasteiger partial charge in [-0.05, 0) is 12.8 Å². The summed E-state index contributed by atoms with van der Waals surface area (Å²) in [5.41, 5.74) is 2.91. The van der Waals surface area contributed by atoms with Crippen molar-refractivity contribution in [2.24, 2.45) is 14.1 Å². The van der Waals surface area contributed by atoms with Gasteiger partial charge in [0.05, 0.1) is 18.0 Å². The molecule has 0 amide bonds. The molecule has 3 heterocycles. The van der Waals surface area contributed by atoms with Crippen LogP contribution >= 0.6 is 0 Å². The maximum atomic E-state index is 13.0. The summed E-state index contributed by atoms with van der Waals surface area (Å²) in [5, 5.41) is 9.73. The molecule has 0 spiro atoms. The number of fused-ring (bicyclic) bond motifs is 3. The van der Waals surface area contributed by atoms with Crippen LogP contribution in [0, 0.1) is 0 Å². The molecule has 8 nitrogen and oxygen atoms in total. The fourth-order valence-electron chi connectivity index (χ4n) is 3.99. The SMILES string of the molecule is CCCCc1c(-c2ccccc2)n(CCO)c2nc3c(c(=O)n(C)c(=O)n3C)n12. The molecule has 0 saturated heterocycles. The van der Waals surface area contributed by atoms with Crippen molar-refractivity contribution in [1.29, 1.82) is 0 Å². The maximum absolute atomic E-state index is 13.0. The van der Waals surface area contributed by atoms with Crippen molar-refractivity contribution in [3.05, 3.63) is 56.9 Å². The number of rotatable bonds is 6. The van der Waals surface area contributed by atoms with Crippen molar-refractivity contribution in [3.63, 3.8) is 0 Å². The van der Waals surface area contributed by atoms with Crippen molar-refractivity contribution in [2.75, 3.05) is 6.61 Å².